The SMILES string of the molecule is C=C(COC(C)(C)C)[B-](F)(F)F.[K+]. The predicted octanol–water partition coefficient (Wildman–Crippen LogP) is -0.252. The second-order valence-electron chi connectivity index (χ2n) is 3.63. The van der Waals surface area contributed by atoms with E-state index in [0.29, 0.717) is 0 Å². The van der Waals surface area contributed by atoms with E-state index < -0.39 is 24.7 Å². The van der Waals surface area contributed by atoms with E-state index in [4.69, 9.17) is 4.74 Å². The van der Waals surface area contributed by atoms with E-state index in [-0.39, 0.29) is 51.4 Å². The summed E-state index contributed by atoms with van der Waals surface area (Å²) < 4.78 is 40.6. The Morgan fingerprint density at radius 3 is 1.92 bits per heavy atom. The summed E-state index contributed by atoms with van der Waals surface area (Å²) in [5, 5.41) is 0. The molecular formula is C7H13BF3KO. The third-order valence-corrected chi connectivity index (χ3v) is 1.15. The van der Waals surface area contributed by atoms with Crippen molar-refractivity contribution < 1.29 is 69.1 Å². The maximum absolute atomic E-state index is 11.9. The smallest absolute Gasteiger partial charge is 0.445 e. The summed E-state index contributed by atoms with van der Waals surface area (Å²) in [7, 11) is 0. The van der Waals surface area contributed by atoms with Crippen LogP contribution in [0.3, 0.4) is 0 Å². The molecule has 0 aromatic carbocycles. The number of hydrogen-bond donors (Lipinski definition) is 0. The molecule has 0 radical (unpaired) electrons. The van der Waals surface area contributed by atoms with Crippen molar-refractivity contribution in [2.75, 3.05) is 6.61 Å². The molecule has 0 heterocycles. The molecule has 0 aliphatic rings. The standard InChI is InChI=1S/C7H13BF3O.K/c1-6(8(9,10)11)5-12-7(2,3)4;/h1,5H2,2-4H3;/q-1;+1. The Kier molecular flexibility index (Phi) is 7.57. The van der Waals surface area contributed by atoms with Crippen molar-refractivity contribution in [2.45, 2.75) is 26.4 Å². The fraction of sp³-hybridized carbons (Fsp3) is 0.714. The van der Waals surface area contributed by atoms with Gasteiger partial charge in [0.2, 0.25) is 0 Å². The molecule has 0 aromatic heterocycles. The Balaban J connectivity index is 0. The molecule has 0 fully saturated rings. The summed E-state index contributed by atoms with van der Waals surface area (Å²) in [5.74, 6) is 0. The van der Waals surface area contributed by atoms with E-state index in [9.17, 15) is 12.9 Å². The molecule has 0 amide bonds. The Bertz CT molecular complexity index is 174. The predicted molar refractivity (Wildman–Crippen MR) is 43.9 cm³/mol. The Hall–Kier alpha value is 1.19. The van der Waals surface area contributed by atoms with E-state index in [0.717, 1.165) is 0 Å². The van der Waals surface area contributed by atoms with Crippen LogP contribution >= 0.6 is 0 Å². The normalized spacial score (nSPS) is 12.2. The van der Waals surface area contributed by atoms with E-state index in [1.54, 1.807) is 20.8 Å². The van der Waals surface area contributed by atoms with E-state index in [2.05, 4.69) is 6.58 Å². The van der Waals surface area contributed by atoms with Gasteiger partial charge in [0.05, 0.1) is 5.60 Å². The summed E-state index contributed by atoms with van der Waals surface area (Å²) in [5.41, 5.74) is -1.34. The largest absolute Gasteiger partial charge is 1.00 e. The molecule has 13 heavy (non-hydrogen) atoms. The third-order valence-electron chi connectivity index (χ3n) is 1.15. The minimum Gasteiger partial charge on any atom is -0.445 e. The molecule has 0 aliphatic heterocycles. The van der Waals surface area contributed by atoms with Crippen LogP contribution in [0.2, 0.25) is 0 Å². The monoisotopic (exact) mass is 220 g/mol. The minimum absolute atomic E-state index is 0. The zero-order valence-electron chi connectivity index (χ0n) is 8.53. The first-order chi connectivity index (χ1) is 5.13. The number of rotatable bonds is 3. The van der Waals surface area contributed by atoms with E-state index >= 15 is 0 Å². The van der Waals surface area contributed by atoms with Gasteiger partial charge in [0.15, 0.2) is 0 Å². The van der Waals surface area contributed by atoms with Crippen LogP contribution in [0.25, 0.3) is 0 Å². The van der Waals surface area contributed by atoms with Gasteiger partial charge in [-0.15, -0.1) is 12.1 Å². The summed E-state index contributed by atoms with van der Waals surface area (Å²) >= 11 is 0. The van der Waals surface area contributed by atoms with Gasteiger partial charge in [0, 0.05) is 6.61 Å². The van der Waals surface area contributed by atoms with Crippen molar-refractivity contribution in [3.8, 4) is 0 Å². The molecule has 0 spiro atoms. The van der Waals surface area contributed by atoms with E-state index in [1.165, 1.54) is 0 Å². The Morgan fingerprint density at radius 1 is 1.31 bits per heavy atom. The van der Waals surface area contributed by atoms with Crippen LogP contribution in [-0.2, 0) is 4.74 Å². The summed E-state index contributed by atoms with van der Waals surface area (Å²) in [6.07, 6.45) is 0. The van der Waals surface area contributed by atoms with Gasteiger partial charge in [0.25, 0.3) is 0 Å². The maximum atomic E-state index is 11.9. The average Bonchev–Trinajstić information content (AvgIpc) is 1.78. The average molecular weight is 220 g/mol. The van der Waals surface area contributed by atoms with Crippen LogP contribution in [0, 0.1) is 0 Å². The molecule has 0 aliphatic carbocycles. The van der Waals surface area contributed by atoms with Crippen LogP contribution in [-0.4, -0.2) is 19.2 Å². The first kappa shape index (κ1) is 16.6. The topological polar surface area (TPSA) is 9.23 Å². The first-order valence-corrected chi connectivity index (χ1v) is 3.64. The van der Waals surface area contributed by atoms with Crippen LogP contribution in [0.5, 0.6) is 0 Å². The summed E-state index contributed by atoms with van der Waals surface area (Å²) in [4.78, 5) is 0. The maximum Gasteiger partial charge on any atom is 1.00 e. The zero-order chi connectivity index (χ0) is 9.99. The van der Waals surface area contributed by atoms with Crippen LogP contribution in [0.1, 0.15) is 20.8 Å². The Morgan fingerprint density at radius 2 is 1.69 bits per heavy atom. The van der Waals surface area contributed by atoms with Crippen LogP contribution < -0.4 is 51.4 Å². The molecule has 72 valence electrons. The molecule has 0 saturated heterocycles. The molecule has 0 rings (SSSR count). The van der Waals surface area contributed by atoms with Crippen molar-refractivity contribution in [1.29, 1.82) is 0 Å². The Labute approximate surface area is 120 Å². The van der Waals surface area contributed by atoms with Gasteiger partial charge in [-0.3, -0.25) is 0 Å². The first-order valence-electron chi connectivity index (χ1n) is 3.64. The molecule has 6 heteroatoms. The van der Waals surface area contributed by atoms with Crippen molar-refractivity contribution in [3.05, 3.63) is 12.1 Å². The van der Waals surface area contributed by atoms with Gasteiger partial charge in [-0.2, -0.15) is 0 Å². The second kappa shape index (κ2) is 5.92. The molecule has 0 bridgehead atoms. The van der Waals surface area contributed by atoms with Crippen molar-refractivity contribution in [3.63, 3.8) is 0 Å². The molecule has 0 aromatic rings. The van der Waals surface area contributed by atoms with Gasteiger partial charge in [0.1, 0.15) is 0 Å². The van der Waals surface area contributed by atoms with Crippen molar-refractivity contribution >= 4 is 6.98 Å². The summed E-state index contributed by atoms with van der Waals surface area (Å²) in [6, 6.07) is 0. The van der Waals surface area contributed by atoms with Gasteiger partial charge >= 0.3 is 58.4 Å². The van der Waals surface area contributed by atoms with Gasteiger partial charge in [-0.1, -0.05) is 0 Å². The second-order valence-corrected chi connectivity index (χ2v) is 3.63. The fourth-order valence-corrected chi connectivity index (χ4v) is 0.404. The van der Waals surface area contributed by atoms with E-state index in [1.807, 2.05) is 0 Å². The summed E-state index contributed by atoms with van der Waals surface area (Å²) in [6.45, 7) is 2.62. The van der Waals surface area contributed by atoms with Crippen molar-refractivity contribution in [1.82, 2.24) is 0 Å². The van der Waals surface area contributed by atoms with Gasteiger partial charge in [-0.25, -0.2) is 0 Å². The zero-order valence-corrected chi connectivity index (χ0v) is 11.7. The molecule has 1 nitrogen and oxygen atoms in total. The third kappa shape index (κ3) is 9.49. The van der Waals surface area contributed by atoms with Crippen molar-refractivity contribution in [2.24, 2.45) is 0 Å². The molecular weight excluding hydrogens is 207 g/mol. The number of ether oxygens (including phenoxy) is 1. The van der Waals surface area contributed by atoms with Gasteiger partial charge < -0.3 is 17.7 Å². The fourth-order valence-electron chi connectivity index (χ4n) is 0.404. The number of halogens is 3. The molecule has 0 saturated carbocycles. The van der Waals surface area contributed by atoms with Crippen LogP contribution in [0.4, 0.5) is 12.9 Å². The molecule has 0 atom stereocenters. The van der Waals surface area contributed by atoms with Crippen LogP contribution in [0.15, 0.2) is 12.1 Å². The molecule has 0 unspecified atom stereocenters. The van der Waals surface area contributed by atoms with Gasteiger partial charge in [-0.05, 0) is 20.8 Å². The minimum atomic E-state index is -4.94. The number of hydrogen-bond acceptors (Lipinski definition) is 1. The quantitative estimate of drug-likeness (QED) is 0.596. The molecule has 0 N–H and O–H groups in total.